The fraction of sp³-hybridized carbons (Fsp3) is 0. The van der Waals surface area contributed by atoms with E-state index in [4.69, 9.17) is 20.3 Å². The van der Waals surface area contributed by atoms with Crippen LogP contribution in [0, 0.1) is 0 Å². The molecule has 5 N–H and O–H groups in total. The van der Waals surface area contributed by atoms with Crippen LogP contribution in [-0.4, -0.2) is 40.1 Å². The molecule has 0 saturated carbocycles. The Labute approximate surface area is 56.2 Å². The largest absolute Gasteiger partial charge is 0.482 e. The van der Waals surface area contributed by atoms with Crippen LogP contribution < -0.4 is 5.32 Å². The normalized spacial score (nSPS) is 6.60. The van der Waals surface area contributed by atoms with Crippen LogP contribution in [0.3, 0.4) is 0 Å². The molecular weight excluding hydrogens is 145 g/mol. The Balaban J connectivity index is 0. The third-order valence-corrected chi connectivity index (χ3v) is 0.214. The van der Waals surface area contributed by atoms with Crippen LogP contribution in [0.2, 0.25) is 0 Å². The summed E-state index contributed by atoms with van der Waals surface area (Å²) >= 11 is 0. The Kier molecular flexibility index (Phi) is 8.89. The maximum absolute atomic E-state index is 9.32. The lowest BCUT2D eigenvalue weighted by Gasteiger charge is -1.85. The van der Waals surface area contributed by atoms with Crippen LogP contribution in [0.15, 0.2) is 0 Å². The molecule has 1 radical (unpaired) electrons. The second-order valence-electron chi connectivity index (χ2n) is 0.851. The molecule has 7 nitrogen and oxygen atoms in total. The van der Waals surface area contributed by atoms with E-state index in [2.05, 4.69) is 0 Å². The molecule has 0 heterocycles. The van der Waals surface area contributed by atoms with Crippen LogP contribution in [0.25, 0.3) is 0 Å². The second kappa shape index (κ2) is 7.72. The van der Waals surface area contributed by atoms with Crippen molar-refractivity contribution in [1.29, 1.82) is 0 Å². The lowest BCUT2D eigenvalue weighted by molar-refractivity contribution is 0.174. The number of hydrogen-bond donors (Lipinski definition) is 5. The van der Waals surface area contributed by atoms with Gasteiger partial charge in [-0.3, -0.25) is 0 Å². The number of rotatable bonds is 0. The first kappa shape index (κ1) is 11.5. The zero-order valence-corrected chi connectivity index (χ0v) is 4.68. The van der Waals surface area contributed by atoms with E-state index >= 15 is 0 Å². The molecule has 0 unspecified atom stereocenters. The third kappa shape index (κ3) is 29.7. The van der Waals surface area contributed by atoms with E-state index < -0.39 is 12.2 Å². The van der Waals surface area contributed by atoms with Gasteiger partial charge in [0, 0.05) is 0 Å². The minimum atomic E-state index is -1.56. The van der Waals surface area contributed by atoms with E-state index in [0.717, 1.165) is 5.32 Å². The SMILES string of the molecule is O=C(O)NC(=O)O.O[B]O. The van der Waals surface area contributed by atoms with E-state index in [1.54, 1.807) is 0 Å². The molecule has 0 aromatic heterocycles. The molecule has 0 aliphatic carbocycles. The molecule has 0 rings (SSSR count). The molecule has 0 atom stereocenters. The smallest absolute Gasteiger partial charge is 0.465 e. The lowest BCUT2D eigenvalue weighted by atomic mass is 10.5. The summed E-state index contributed by atoms with van der Waals surface area (Å²) < 4.78 is 0. The summed E-state index contributed by atoms with van der Waals surface area (Å²) in [4.78, 5) is 18.6. The molecule has 0 fully saturated rings. The Morgan fingerprint density at radius 3 is 1.30 bits per heavy atom. The van der Waals surface area contributed by atoms with Gasteiger partial charge in [-0.15, -0.1) is 0 Å². The highest BCUT2D eigenvalue weighted by molar-refractivity contribution is 6.13. The number of hydrogen-bond acceptors (Lipinski definition) is 4. The first-order chi connectivity index (χ1) is 4.54. The van der Waals surface area contributed by atoms with Crippen LogP contribution in [0.5, 0.6) is 0 Å². The van der Waals surface area contributed by atoms with Crippen molar-refractivity contribution >= 4 is 19.9 Å². The molecule has 0 aromatic rings. The maximum atomic E-state index is 9.32. The van der Waals surface area contributed by atoms with E-state index in [1.807, 2.05) is 0 Å². The Morgan fingerprint density at radius 2 is 1.30 bits per heavy atom. The third-order valence-electron chi connectivity index (χ3n) is 0.214. The van der Waals surface area contributed by atoms with Crippen LogP contribution >= 0.6 is 0 Å². The molecule has 10 heavy (non-hydrogen) atoms. The number of carboxylic acid groups (broad SMARTS) is 2. The first-order valence-corrected chi connectivity index (χ1v) is 1.87. The summed E-state index contributed by atoms with van der Waals surface area (Å²) in [5.41, 5.74) is 0. The molecule has 0 aliphatic rings. The van der Waals surface area contributed by atoms with Gasteiger partial charge >= 0.3 is 19.9 Å². The van der Waals surface area contributed by atoms with Crippen molar-refractivity contribution < 1.29 is 29.9 Å². The zero-order valence-electron chi connectivity index (χ0n) is 4.68. The van der Waals surface area contributed by atoms with Gasteiger partial charge in [-0.1, -0.05) is 0 Å². The summed E-state index contributed by atoms with van der Waals surface area (Å²) in [5, 5.41) is 30.3. The minimum Gasteiger partial charge on any atom is -0.465 e. The Hall–Kier alpha value is -1.28. The van der Waals surface area contributed by atoms with Crippen molar-refractivity contribution in [3.8, 4) is 0 Å². The van der Waals surface area contributed by atoms with Gasteiger partial charge in [0.1, 0.15) is 0 Å². The van der Waals surface area contributed by atoms with E-state index in [0.29, 0.717) is 0 Å². The number of amides is 2. The molecule has 0 saturated heterocycles. The topological polar surface area (TPSA) is 127 Å². The molecule has 0 spiro atoms. The van der Waals surface area contributed by atoms with Crippen LogP contribution in [-0.2, 0) is 0 Å². The van der Waals surface area contributed by atoms with Crippen LogP contribution in [0.1, 0.15) is 0 Å². The highest BCUT2D eigenvalue weighted by Crippen LogP contribution is 1.59. The van der Waals surface area contributed by atoms with Crippen molar-refractivity contribution in [2.24, 2.45) is 0 Å². The highest BCUT2D eigenvalue weighted by atomic mass is 16.4. The molecule has 0 bridgehead atoms. The predicted octanol–water partition coefficient (Wildman–Crippen LogP) is -1.56. The Morgan fingerprint density at radius 1 is 1.10 bits per heavy atom. The standard InChI is InChI=1S/C2H3NO4.BH2O2/c4-1(5)3-2(6)7;2-1-3/h3H,(H,4,5)(H,6,7);2-3H. The van der Waals surface area contributed by atoms with Crippen molar-refractivity contribution in [1.82, 2.24) is 5.32 Å². The molecule has 2 amide bonds. The molecule has 57 valence electrons. The average Bonchev–Trinajstić information content (AvgIpc) is 1.62. The summed E-state index contributed by atoms with van der Waals surface area (Å²) in [5.74, 6) is 0. The Bertz CT molecular complexity index is 102. The van der Waals surface area contributed by atoms with Gasteiger partial charge in [0.2, 0.25) is 0 Å². The zero-order chi connectivity index (χ0) is 8.57. The summed E-state index contributed by atoms with van der Waals surface area (Å²) in [7, 11) is 0. The van der Waals surface area contributed by atoms with Crippen LogP contribution in [0.4, 0.5) is 9.59 Å². The quantitative estimate of drug-likeness (QED) is 0.265. The van der Waals surface area contributed by atoms with Crippen molar-refractivity contribution in [3.63, 3.8) is 0 Å². The van der Waals surface area contributed by atoms with Crippen molar-refractivity contribution in [2.45, 2.75) is 0 Å². The number of carbonyl (C=O) groups is 2. The lowest BCUT2D eigenvalue weighted by Crippen LogP contribution is -2.26. The second-order valence-corrected chi connectivity index (χ2v) is 0.851. The molecule has 8 heteroatoms. The van der Waals surface area contributed by atoms with Gasteiger partial charge in [-0.05, 0) is 0 Å². The van der Waals surface area contributed by atoms with Gasteiger partial charge in [-0.2, -0.15) is 0 Å². The predicted molar refractivity (Wildman–Crippen MR) is 29.4 cm³/mol. The molecule has 0 aromatic carbocycles. The van der Waals surface area contributed by atoms with E-state index in [1.165, 1.54) is 0 Å². The average molecular weight is 150 g/mol. The summed E-state index contributed by atoms with van der Waals surface area (Å²) in [6, 6.07) is 0. The van der Waals surface area contributed by atoms with Crippen molar-refractivity contribution in [3.05, 3.63) is 0 Å². The maximum Gasteiger partial charge on any atom is 0.482 e. The van der Waals surface area contributed by atoms with Gasteiger partial charge < -0.3 is 20.3 Å². The fourth-order valence-electron chi connectivity index (χ4n) is 0.0915. The van der Waals surface area contributed by atoms with Gasteiger partial charge in [0.05, 0.1) is 0 Å². The van der Waals surface area contributed by atoms with Gasteiger partial charge in [0.25, 0.3) is 0 Å². The van der Waals surface area contributed by atoms with Crippen molar-refractivity contribution in [2.75, 3.05) is 0 Å². The summed E-state index contributed by atoms with van der Waals surface area (Å²) in [6.45, 7) is 0. The molecule has 0 aliphatic heterocycles. The minimum absolute atomic E-state index is 0. The van der Waals surface area contributed by atoms with Gasteiger partial charge in [0.15, 0.2) is 0 Å². The van der Waals surface area contributed by atoms with Gasteiger partial charge in [-0.25, -0.2) is 14.9 Å². The summed E-state index contributed by atoms with van der Waals surface area (Å²) in [6.07, 6.45) is -3.12. The first-order valence-electron chi connectivity index (χ1n) is 1.87. The fourth-order valence-corrected chi connectivity index (χ4v) is 0.0915. The highest BCUT2D eigenvalue weighted by Gasteiger charge is 1.97. The monoisotopic (exact) mass is 150 g/mol. The number of nitrogens with one attached hydrogen (secondary N) is 1. The van der Waals surface area contributed by atoms with E-state index in [9.17, 15) is 9.59 Å². The molecular formula is C2H5BNO6. The van der Waals surface area contributed by atoms with E-state index in [-0.39, 0.29) is 7.69 Å². The number of imide groups is 1.